The molecule has 0 spiro atoms. The molecule has 1 unspecified atom stereocenters. The molecule has 0 aromatic heterocycles. The lowest BCUT2D eigenvalue weighted by Crippen LogP contribution is -2.28. The van der Waals surface area contributed by atoms with Gasteiger partial charge in [-0.2, -0.15) is 0 Å². The van der Waals surface area contributed by atoms with Crippen molar-refractivity contribution in [2.75, 3.05) is 11.5 Å². The summed E-state index contributed by atoms with van der Waals surface area (Å²) in [6.45, 7) is 4.43. The number of hydrogen-bond donors (Lipinski definition) is 0. The smallest absolute Gasteiger partial charge is 0.339 e. The third kappa shape index (κ3) is 4.72. The van der Waals surface area contributed by atoms with Crippen molar-refractivity contribution < 1.29 is 9.53 Å². The van der Waals surface area contributed by atoms with E-state index in [1.165, 1.54) is 5.56 Å². The molecular weight excluding hydrogens is 346 g/mol. The quantitative estimate of drug-likeness (QED) is 0.406. The second-order valence-electron chi connectivity index (χ2n) is 7.01. The fraction of sp³-hybridized carbons (Fsp3) is 0.320. The zero-order chi connectivity index (χ0) is 19.8. The number of ether oxygens (including phenoxy) is 1. The third-order valence-corrected chi connectivity index (χ3v) is 5.01. The minimum absolute atomic E-state index is 0.0541. The van der Waals surface area contributed by atoms with E-state index in [-0.39, 0.29) is 12.0 Å². The van der Waals surface area contributed by atoms with Crippen molar-refractivity contribution in [2.45, 2.75) is 45.6 Å². The number of carbonyl (C=O) groups is 1. The molecule has 3 heteroatoms. The van der Waals surface area contributed by atoms with Crippen LogP contribution in [0.4, 0.5) is 5.69 Å². The minimum atomic E-state index is -0.238. The van der Waals surface area contributed by atoms with Gasteiger partial charge in [0.25, 0.3) is 0 Å². The molecule has 3 nitrogen and oxygen atoms in total. The van der Waals surface area contributed by atoms with Gasteiger partial charge in [-0.25, -0.2) is 4.79 Å². The van der Waals surface area contributed by atoms with Gasteiger partial charge in [0.05, 0.1) is 18.2 Å². The minimum Gasteiger partial charge on any atom is -0.462 e. The summed E-state index contributed by atoms with van der Waals surface area (Å²) in [7, 11) is 0. The number of para-hydroxylation sites is 1. The van der Waals surface area contributed by atoms with Crippen molar-refractivity contribution in [3.63, 3.8) is 0 Å². The molecule has 3 rings (SSSR count). The molecule has 0 N–H and O–H groups in total. The Balaban J connectivity index is 2.03. The van der Waals surface area contributed by atoms with Gasteiger partial charge in [-0.3, -0.25) is 0 Å². The maximum absolute atomic E-state index is 12.7. The molecule has 2 aromatic carbocycles. The summed E-state index contributed by atoms with van der Waals surface area (Å²) in [5.74, 6) is -0.238. The number of rotatable bonds is 8. The van der Waals surface area contributed by atoms with Crippen LogP contribution in [0.25, 0.3) is 0 Å². The molecule has 0 aliphatic carbocycles. The number of nitrogens with zero attached hydrogens (tertiary/aromatic N) is 1. The first-order valence-electron chi connectivity index (χ1n) is 10.2. The molecule has 2 aromatic rings. The van der Waals surface area contributed by atoms with Crippen LogP contribution in [0.1, 0.15) is 51.1 Å². The Bertz CT molecular complexity index is 824. The Morgan fingerprint density at radius 2 is 1.64 bits per heavy atom. The normalized spacial score (nSPS) is 16.4. The maximum Gasteiger partial charge on any atom is 0.339 e. The Kier molecular flexibility index (Phi) is 7.07. The monoisotopic (exact) mass is 375 g/mol. The van der Waals surface area contributed by atoms with Crippen LogP contribution in [0.3, 0.4) is 0 Å². The standard InChI is InChI=1S/C25H29NO2/c1-3-5-8-15-21-18-24(20-13-9-6-10-14-20)26(22-16-11-7-12-17-22)19-23(21)25(27)28-4-2/h6-7,9-14,16-19,24H,3-5,8,15H2,1-2H3. The number of carbonyl (C=O) groups excluding carboxylic acids is 1. The second kappa shape index (κ2) is 9.93. The van der Waals surface area contributed by atoms with Crippen LogP contribution in [0.5, 0.6) is 0 Å². The highest BCUT2D eigenvalue weighted by Gasteiger charge is 2.28. The van der Waals surface area contributed by atoms with Crippen molar-refractivity contribution in [1.82, 2.24) is 0 Å². The van der Waals surface area contributed by atoms with Gasteiger partial charge in [0.15, 0.2) is 0 Å². The lowest BCUT2D eigenvalue weighted by Gasteiger charge is -2.34. The first-order valence-corrected chi connectivity index (χ1v) is 10.2. The van der Waals surface area contributed by atoms with E-state index in [9.17, 15) is 4.79 Å². The van der Waals surface area contributed by atoms with Gasteiger partial charge in [-0.05, 0) is 43.0 Å². The molecule has 1 heterocycles. The van der Waals surface area contributed by atoms with Crippen molar-refractivity contribution >= 4 is 11.7 Å². The van der Waals surface area contributed by atoms with Crippen LogP contribution in [-0.2, 0) is 9.53 Å². The van der Waals surface area contributed by atoms with E-state index in [0.29, 0.717) is 12.2 Å². The van der Waals surface area contributed by atoms with Crippen LogP contribution in [-0.4, -0.2) is 12.6 Å². The molecule has 0 amide bonds. The molecule has 1 aliphatic rings. The van der Waals surface area contributed by atoms with Crippen LogP contribution >= 0.6 is 0 Å². The van der Waals surface area contributed by atoms with Gasteiger partial charge in [-0.1, -0.05) is 74.4 Å². The zero-order valence-corrected chi connectivity index (χ0v) is 16.8. The van der Waals surface area contributed by atoms with E-state index in [0.717, 1.165) is 36.9 Å². The zero-order valence-electron chi connectivity index (χ0n) is 16.8. The molecule has 0 fully saturated rings. The van der Waals surface area contributed by atoms with Gasteiger partial charge >= 0.3 is 5.97 Å². The molecule has 0 radical (unpaired) electrons. The SMILES string of the molecule is CCCCCC1=CC(c2ccccc2)N(c2ccccc2)C=C1C(=O)OCC. The maximum atomic E-state index is 12.7. The molecule has 0 saturated heterocycles. The highest BCUT2D eigenvalue weighted by molar-refractivity contribution is 5.94. The number of esters is 1. The van der Waals surface area contributed by atoms with Gasteiger partial charge in [0.1, 0.15) is 0 Å². The van der Waals surface area contributed by atoms with E-state index < -0.39 is 0 Å². The summed E-state index contributed by atoms with van der Waals surface area (Å²) in [5, 5.41) is 0. The van der Waals surface area contributed by atoms with E-state index in [1.807, 2.05) is 37.4 Å². The van der Waals surface area contributed by atoms with Crippen molar-refractivity contribution in [1.29, 1.82) is 0 Å². The summed E-state index contributed by atoms with van der Waals surface area (Å²) in [6.07, 6.45) is 8.50. The Morgan fingerprint density at radius 1 is 0.964 bits per heavy atom. The molecule has 1 aliphatic heterocycles. The predicted molar refractivity (Wildman–Crippen MR) is 115 cm³/mol. The van der Waals surface area contributed by atoms with Crippen molar-refractivity contribution in [2.24, 2.45) is 0 Å². The Labute approximate surface area is 168 Å². The van der Waals surface area contributed by atoms with E-state index in [4.69, 9.17) is 4.74 Å². The van der Waals surface area contributed by atoms with E-state index in [1.54, 1.807) is 0 Å². The van der Waals surface area contributed by atoms with E-state index in [2.05, 4.69) is 54.3 Å². The molecule has 0 saturated carbocycles. The van der Waals surface area contributed by atoms with Crippen molar-refractivity contribution in [3.05, 3.63) is 89.6 Å². The van der Waals surface area contributed by atoms with Crippen LogP contribution in [0.15, 0.2) is 84.1 Å². The first-order chi connectivity index (χ1) is 13.7. The van der Waals surface area contributed by atoms with Gasteiger partial charge in [-0.15, -0.1) is 0 Å². The molecule has 28 heavy (non-hydrogen) atoms. The lowest BCUT2D eigenvalue weighted by atomic mass is 9.91. The number of unbranched alkanes of at least 4 members (excludes halogenated alkanes) is 2. The fourth-order valence-electron chi connectivity index (χ4n) is 3.58. The van der Waals surface area contributed by atoms with Crippen LogP contribution < -0.4 is 4.90 Å². The molecule has 0 bridgehead atoms. The van der Waals surface area contributed by atoms with E-state index >= 15 is 0 Å². The number of benzene rings is 2. The Morgan fingerprint density at radius 3 is 2.29 bits per heavy atom. The number of hydrogen-bond acceptors (Lipinski definition) is 3. The third-order valence-electron chi connectivity index (χ3n) is 5.01. The highest BCUT2D eigenvalue weighted by Crippen LogP contribution is 2.37. The summed E-state index contributed by atoms with van der Waals surface area (Å²) in [6, 6.07) is 20.7. The van der Waals surface area contributed by atoms with Crippen LogP contribution in [0, 0.1) is 0 Å². The summed E-state index contributed by atoms with van der Waals surface area (Å²) in [4.78, 5) is 14.9. The molecular formula is C25H29NO2. The van der Waals surface area contributed by atoms with Gasteiger partial charge < -0.3 is 9.64 Å². The highest BCUT2D eigenvalue weighted by atomic mass is 16.5. The van der Waals surface area contributed by atoms with Crippen LogP contribution in [0.2, 0.25) is 0 Å². The number of anilines is 1. The summed E-state index contributed by atoms with van der Waals surface area (Å²) in [5.41, 5.74) is 4.03. The van der Waals surface area contributed by atoms with Crippen molar-refractivity contribution in [3.8, 4) is 0 Å². The van der Waals surface area contributed by atoms with Gasteiger partial charge in [0, 0.05) is 11.9 Å². The first kappa shape index (κ1) is 19.9. The second-order valence-corrected chi connectivity index (χ2v) is 7.01. The Hall–Kier alpha value is -2.81. The average molecular weight is 376 g/mol. The van der Waals surface area contributed by atoms with Gasteiger partial charge in [0.2, 0.25) is 0 Å². The fourth-order valence-corrected chi connectivity index (χ4v) is 3.58. The molecule has 1 atom stereocenters. The predicted octanol–water partition coefficient (Wildman–Crippen LogP) is 6.20. The summed E-state index contributed by atoms with van der Waals surface area (Å²) < 4.78 is 5.37. The lowest BCUT2D eigenvalue weighted by molar-refractivity contribution is -0.138. The molecule has 146 valence electrons. The summed E-state index contributed by atoms with van der Waals surface area (Å²) >= 11 is 0. The topological polar surface area (TPSA) is 29.5 Å². The average Bonchev–Trinajstić information content (AvgIpc) is 2.75. The largest absolute Gasteiger partial charge is 0.462 e.